The van der Waals surface area contributed by atoms with Crippen LogP contribution in [0.2, 0.25) is 0 Å². The van der Waals surface area contributed by atoms with Gasteiger partial charge in [-0.1, -0.05) is 13.8 Å². The third-order valence-corrected chi connectivity index (χ3v) is 3.43. The van der Waals surface area contributed by atoms with Crippen molar-refractivity contribution in [2.45, 2.75) is 40.2 Å². The van der Waals surface area contributed by atoms with Crippen LogP contribution in [0.5, 0.6) is 0 Å². The lowest BCUT2D eigenvalue weighted by molar-refractivity contribution is 0.0993. The maximum Gasteiger partial charge on any atom is 0.269 e. The van der Waals surface area contributed by atoms with Crippen molar-refractivity contribution in [2.75, 3.05) is 6.67 Å². The van der Waals surface area contributed by atoms with Gasteiger partial charge in [-0.25, -0.2) is 14.4 Å². The monoisotopic (exact) mass is 305 g/mol. The zero-order chi connectivity index (χ0) is 16.3. The molecule has 0 bridgehead atoms. The second-order valence-corrected chi connectivity index (χ2v) is 4.74. The molecule has 7 heteroatoms. The van der Waals surface area contributed by atoms with Crippen molar-refractivity contribution >= 4 is 5.91 Å². The van der Waals surface area contributed by atoms with Gasteiger partial charge in [0.25, 0.3) is 5.91 Å². The van der Waals surface area contributed by atoms with E-state index >= 15 is 0 Å². The molecule has 2 N–H and O–H groups in total. The van der Waals surface area contributed by atoms with Crippen molar-refractivity contribution in [1.29, 1.82) is 0 Å². The Morgan fingerprint density at radius 3 is 2.77 bits per heavy atom. The van der Waals surface area contributed by atoms with Crippen molar-refractivity contribution in [3.63, 3.8) is 0 Å². The summed E-state index contributed by atoms with van der Waals surface area (Å²) in [5, 5.41) is 4.15. The Morgan fingerprint density at radius 2 is 2.14 bits per heavy atom. The number of nitrogens with two attached hydrogens (primary N) is 1. The molecule has 0 aliphatic heterocycles. The fraction of sp³-hybridized carbons (Fsp3) is 0.467. The van der Waals surface area contributed by atoms with E-state index in [-0.39, 0.29) is 12.2 Å². The van der Waals surface area contributed by atoms with Crippen LogP contribution in [0.15, 0.2) is 6.20 Å². The summed E-state index contributed by atoms with van der Waals surface area (Å²) >= 11 is 0. The first-order valence-electron chi connectivity index (χ1n) is 7.40. The summed E-state index contributed by atoms with van der Waals surface area (Å²) in [5.74, 6) is 0.0401. The highest BCUT2D eigenvalue weighted by Gasteiger charge is 2.28. The Bertz CT molecular complexity index is 695. The van der Waals surface area contributed by atoms with Gasteiger partial charge in [-0.2, -0.15) is 5.10 Å². The summed E-state index contributed by atoms with van der Waals surface area (Å²) < 4.78 is 14.2. The second kappa shape index (κ2) is 6.64. The molecule has 0 aromatic carbocycles. The SMILES string of the molecule is CC.Cc1ncc2c(n1)-c1c(c(C(N)=O)nn1CCF)CC2. The number of amides is 1. The molecule has 1 amide bonds. The van der Waals surface area contributed by atoms with Gasteiger partial charge < -0.3 is 5.73 Å². The molecule has 1 aliphatic carbocycles. The first-order valence-corrected chi connectivity index (χ1v) is 7.40. The number of carbonyl (C=O) groups excluding carboxylic acids is 1. The number of fused-ring (bicyclic) bond motifs is 3. The Labute approximate surface area is 128 Å². The van der Waals surface area contributed by atoms with Gasteiger partial charge in [-0.05, 0) is 25.3 Å². The van der Waals surface area contributed by atoms with Crippen LogP contribution < -0.4 is 5.73 Å². The smallest absolute Gasteiger partial charge is 0.269 e. The van der Waals surface area contributed by atoms with Crippen LogP contribution in [0.4, 0.5) is 4.39 Å². The largest absolute Gasteiger partial charge is 0.364 e. The highest BCUT2D eigenvalue weighted by atomic mass is 19.1. The van der Waals surface area contributed by atoms with E-state index in [1.807, 2.05) is 13.8 Å². The topological polar surface area (TPSA) is 86.7 Å². The first kappa shape index (κ1) is 16.1. The molecule has 118 valence electrons. The van der Waals surface area contributed by atoms with Crippen molar-refractivity contribution in [3.8, 4) is 11.4 Å². The lowest BCUT2D eigenvalue weighted by Crippen LogP contribution is -2.15. The zero-order valence-corrected chi connectivity index (χ0v) is 13.1. The molecule has 0 radical (unpaired) electrons. The van der Waals surface area contributed by atoms with Crippen LogP contribution >= 0.6 is 0 Å². The summed E-state index contributed by atoms with van der Waals surface area (Å²) in [5.41, 5.74) is 8.75. The third-order valence-electron chi connectivity index (χ3n) is 3.43. The van der Waals surface area contributed by atoms with Crippen molar-refractivity contribution in [2.24, 2.45) is 5.73 Å². The number of primary amides is 1. The predicted molar refractivity (Wildman–Crippen MR) is 81.2 cm³/mol. The van der Waals surface area contributed by atoms with Gasteiger partial charge in [-0.15, -0.1) is 0 Å². The average molecular weight is 305 g/mol. The molecule has 2 aromatic heterocycles. The van der Waals surface area contributed by atoms with Crippen LogP contribution in [-0.2, 0) is 19.4 Å². The fourth-order valence-electron chi connectivity index (χ4n) is 2.58. The molecule has 0 saturated heterocycles. The van der Waals surface area contributed by atoms with E-state index in [0.717, 1.165) is 23.2 Å². The van der Waals surface area contributed by atoms with E-state index in [1.54, 1.807) is 13.1 Å². The number of hydrogen-bond acceptors (Lipinski definition) is 4. The van der Waals surface area contributed by atoms with Crippen LogP contribution in [-0.4, -0.2) is 32.3 Å². The molecular formula is C15H20FN5O. The van der Waals surface area contributed by atoms with E-state index in [9.17, 15) is 9.18 Å². The molecule has 1 aliphatic rings. The number of alkyl halides is 1. The zero-order valence-electron chi connectivity index (χ0n) is 13.1. The lowest BCUT2D eigenvalue weighted by atomic mass is 9.93. The Hall–Kier alpha value is -2.31. The molecule has 2 heterocycles. The van der Waals surface area contributed by atoms with E-state index in [1.165, 1.54) is 4.68 Å². The Kier molecular flexibility index (Phi) is 4.85. The van der Waals surface area contributed by atoms with Gasteiger partial charge in [0.2, 0.25) is 0 Å². The molecule has 0 atom stereocenters. The van der Waals surface area contributed by atoms with Crippen LogP contribution in [0.1, 0.15) is 41.3 Å². The number of halogens is 1. The normalized spacial score (nSPS) is 12.0. The molecule has 0 fully saturated rings. The maximum absolute atomic E-state index is 12.7. The second-order valence-electron chi connectivity index (χ2n) is 4.74. The van der Waals surface area contributed by atoms with Crippen molar-refractivity contribution < 1.29 is 9.18 Å². The maximum atomic E-state index is 12.7. The number of rotatable bonds is 3. The van der Waals surface area contributed by atoms with Gasteiger partial charge in [0.05, 0.1) is 17.9 Å². The summed E-state index contributed by atoms with van der Waals surface area (Å²) in [6, 6.07) is 0. The van der Waals surface area contributed by atoms with Gasteiger partial charge >= 0.3 is 0 Å². The van der Waals surface area contributed by atoms with E-state index < -0.39 is 12.6 Å². The Balaban J connectivity index is 0.000000847. The standard InChI is InChI=1S/C13H14FN5O.C2H6/c1-7-16-6-8-2-3-9-11(13(15)20)18-19(5-4-14)12(9)10(8)17-7;1-2/h6H,2-5H2,1H3,(H2,15,20);1-2H3. The minimum Gasteiger partial charge on any atom is -0.364 e. The molecule has 2 aromatic rings. The summed E-state index contributed by atoms with van der Waals surface area (Å²) in [7, 11) is 0. The minimum absolute atomic E-state index is 0.0815. The van der Waals surface area contributed by atoms with Crippen LogP contribution in [0.25, 0.3) is 11.4 Å². The van der Waals surface area contributed by atoms with Crippen LogP contribution in [0.3, 0.4) is 0 Å². The summed E-state index contributed by atoms with van der Waals surface area (Å²) in [6.07, 6.45) is 3.14. The highest BCUT2D eigenvalue weighted by Crippen LogP contribution is 2.33. The van der Waals surface area contributed by atoms with Crippen molar-refractivity contribution in [3.05, 3.63) is 28.8 Å². The minimum atomic E-state index is -0.590. The molecule has 22 heavy (non-hydrogen) atoms. The molecule has 6 nitrogen and oxygen atoms in total. The number of hydrogen-bond donors (Lipinski definition) is 1. The number of carbonyl (C=O) groups is 1. The lowest BCUT2D eigenvalue weighted by Gasteiger charge is -2.17. The van der Waals surface area contributed by atoms with Crippen molar-refractivity contribution in [1.82, 2.24) is 19.7 Å². The summed E-state index contributed by atoms with van der Waals surface area (Å²) in [6.45, 7) is 5.31. The van der Waals surface area contributed by atoms with Gasteiger partial charge in [-0.3, -0.25) is 9.48 Å². The van der Waals surface area contributed by atoms with Gasteiger partial charge in [0.1, 0.15) is 12.5 Å². The molecular weight excluding hydrogens is 285 g/mol. The van der Waals surface area contributed by atoms with Gasteiger partial charge in [0.15, 0.2) is 5.69 Å². The van der Waals surface area contributed by atoms with E-state index in [0.29, 0.717) is 17.9 Å². The molecule has 0 unspecified atom stereocenters. The van der Waals surface area contributed by atoms with E-state index in [4.69, 9.17) is 5.73 Å². The first-order chi connectivity index (χ1) is 10.6. The fourth-order valence-corrected chi connectivity index (χ4v) is 2.58. The van der Waals surface area contributed by atoms with E-state index in [2.05, 4.69) is 15.1 Å². The number of nitrogens with zero attached hydrogens (tertiary/aromatic N) is 4. The number of aromatic nitrogens is 4. The average Bonchev–Trinajstić information content (AvgIpc) is 2.89. The molecule has 0 saturated carbocycles. The third kappa shape index (κ3) is 2.70. The quantitative estimate of drug-likeness (QED) is 0.937. The van der Waals surface area contributed by atoms with Gasteiger partial charge in [0, 0.05) is 11.8 Å². The molecule has 3 rings (SSSR count). The Morgan fingerprint density at radius 1 is 1.41 bits per heavy atom. The molecule has 0 spiro atoms. The van der Waals surface area contributed by atoms with Crippen LogP contribution in [0, 0.1) is 6.92 Å². The predicted octanol–water partition coefficient (Wildman–Crippen LogP) is 1.84. The number of aryl methyl sites for hydroxylation is 3. The highest BCUT2D eigenvalue weighted by molar-refractivity contribution is 5.94. The summed E-state index contributed by atoms with van der Waals surface area (Å²) in [4.78, 5) is 20.1.